The van der Waals surface area contributed by atoms with Gasteiger partial charge in [0.1, 0.15) is 12.1 Å². The Kier molecular flexibility index (Phi) is 7.26. The predicted octanol–water partition coefficient (Wildman–Crippen LogP) is 5.05. The highest BCUT2D eigenvalue weighted by molar-refractivity contribution is 5.91. The Labute approximate surface area is 155 Å². The minimum absolute atomic E-state index is 0.0629. The summed E-state index contributed by atoms with van der Waals surface area (Å²) in [6.07, 6.45) is 5.80. The average Bonchev–Trinajstić information content (AvgIpc) is 2.58. The van der Waals surface area contributed by atoms with E-state index in [2.05, 4.69) is 41.1 Å². The summed E-state index contributed by atoms with van der Waals surface area (Å²) in [6, 6.07) is 5.07. The lowest BCUT2D eigenvalue weighted by Crippen LogP contribution is -2.21. The number of nitrogens with zero attached hydrogens (tertiary/aromatic N) is 3. The van der Waals surface area contributed by atoms with Gasteiger partial charge in [-0.1, -0.05) is 25.5 Å². The number of nitrogens with one attached hydrogen (secondary N) is 1. The Bertz CT molecular complexity index is 700. The zero-order valence-electron chi connectivity index (χ0n) is 16.2. The molecule has 26 heavy (non-hydrogen) atoms. The van der Waals surface area contributed by atoms with Crippen LogP contribution in [0.4, 0.5) is 14.6 Å². The normalized spacial score (nSPS) is 13.3. The van der Waals surface area contributed by atoms with Crippen LogP contribution in [0.3, 0.4) is 0 Å². The zero-order chi connectivity index (χ0) is 19.2. The van der Waals surface area contributed by atoms with Gasteiger partial charge >= 0.3 is 0 Å². The van der Waals surface area contributed by atoms with E-state index in [1.54, 1.807) is 12.1 Å². The molecule has 0 aliphatic rings. The molecule has 0 fully saturated rings. The van der Waals surface area contributed by atoms with E-state index >= 15 is 0 Å². The molecular formula is C20H30F2N4. The van der Waals surface area contributed by atoms with Gasteiger partial charge in [-0.25, -0.2) is 18.7 Å². The molecule has 2 rings (SSSR count). The number of benzene rings is 1. The van der Waals surface area contributed by atoms with Crippen LogP contribution in [0.1, 0.15) is 52.0 Å². The number of para-hydroxylation sites is 1. The molecule has 1 aromatic carbocycles. The molecule has 144 valence electrons. The Balaban J connectivity index is 2.00. The molecule has 0 bridgehead atoms. The van der Waals surface area contributed by atoms with E-state index in [1.807, 2.05) is 0 Å². The number of halogens is 2. The summed E-state index contributed by atoms with van der Waals surface area (Å²) in [5.41, 5.74) is 0.248. The molecule has 1 N–H and O–H groups in total. The van der Waals surface area contributed by atoms with Gasteiger partial charge in [-0.05, 0) is 52.4 Å². The van der Waals surface area contributed by atoms with Gasteiger partial charge in [0.15, 0.2) is 0 Å². The fourth-order valence-electron chi connectivity index (χ4n) is 3.19. The van der Waals surface area contributed by atoms with Gasteiger partial charge in [0, 0.05) is 23.9 Å². The van der Waals surface area contributed by atoms with Crippen LogP contribution >= 0.6 is 0 Å². The lowest BCUT2D eigenvalue weighted by molar-refractivity contribution is 0.0189. The van der Waals surface area contributed by atoms with Crippen molar-refractivity contribution in [2.75, 3.05) is 25.5 Å². The van der Waals surface area contributed by atoms with Crippen LogP contribution in [0.5, 0.6) is 0 Å². The second-order valence-corrected chi connectivity index (χ2v) is 7.16. The van der Waals surface area contributed by atoms with Gasteiger partial charge < -0.3 is 10.2 Å². The van der Waals surface area contributed by atoms with Crippen molar-refractivity contribution >= 4 is 16.7 Å². The summed E-state index contributed by atoms with van der Waals surface area (Å²) < 4.78 is 27.6. The third kappa shape index (κ3) is 5.59. The summed E-state index contributed by atoms with van der Waals surface area (Å²) in [6.45, 7) is 7.42. The average molecular weight is 364 g/mol. The molecule has 1 atom stereocenters. The number of hydrogen-bond donors (Lipinski definition) is 1. The van der Waals surface area contributed by atoms with Crippen LogP contribution in [0.2, 0.25) is 0 Å². The second kappa shape index (κ2) is 9.21. The summed E-state index contributed by atoms with van der Waals surface area (Å²) in [4.78, 5) is 10.7. The maximum atomic E-state index is 13.8. The summed E-state index contributed by atoms with van der Waals surface area (Å²) in [7, 11) is 2.15. The number of alkyl halides is 2. The predicted molar refractivity (Wildman–Crippen MR) is 104 cm³/mol. The number of unbranched alkanes of at least 4 members (excludes halogenated alkanes) is 1. The van der Waals surface area contributed by atoms with Gasteiger partial charge in [0.2, 0.25) is 0 Å². The van der Waals surface area contributed by atoms with Gasteiger partial charge in [-0.2, -0.15) is 0 Å². The van der Waals surface area contributed by atoms with Crippen molar-refractivity contribution in [3.63, 3.8) is 0 Å². The minimum Gasteiger partial charge on any atom is -0.367 e. The highest BCUT2D eigenvalue weighted by atomic mass is 19.3. The van der Waals surface area contributed by atoms with Gasteiger partial charge in [0.25, 0.3) is 5.92 Å². The van der Waals surface area contributed by atoms with E-state index in [4.69, 9.17) is 0 Å². The Hall–Kier alpha value is -1.82. The third-order valence-electron chi connectivity index (χ3n) is 4.55. The molecule has 4 nitrogen and oxygen atoms in total. The number of hydrogen-bond acceptors (Lipinski definition) is 4. The molecule has 0 unspecified atom stereocenters. The van der Waals surface area contributed by atoms with Crippen molar-refractivity contribution in [1.29, 1.82) is 0 Å². The quantitative estimate of drug-likeness (QED) is 0.599. The first kappa shape index (κ1) is 20.5. The topological polar surface area (TPSA) is 41.0 Å². The zero-order valence-corrected chi connectivity index (χ0v) is 16.2. The lowest BCUT2D eigenvalue weighted by Gasteiger charge is -2.19. The Morgan fingerprint density at radius 1 is 1.19 bits per heavy atom. The van der Waals surface area contributed by atoms with E-state index in [9.17, 15) is 8.78 Å². The lowest BCUT2D eigenvalue weighted by atomic mass is 10.1. The van der Waals surface area contributed by atoms with Crippen LogP contribution in [-0.2, 0) is 5.92 Å². The fraction of sp³-hybridized carbons (Fsp3) is 0.600. The van der Waals surface area contributed by atoms with Crippen LogP contribution in [0, 0.1) is 0 Å². The molecule has 0 saturated carbocycles. The van der Waals surface area contributed by atoms with E-state index < -0.39 is 5.92 Å². The fourth-order valence-corrected chi connectivity index (χ4v) is 3.19. The molecule has 1 aromatic heterocycles. The first-order chi connectivity index (χ1) is 12.3. The molecule has 0 amide bonds. The van der Waals surface area contributed by atoms with Crippen molar-refractivity contribution in [1.82, 2.24) is 14.9 Å². The van der Waals surface area contributed by atoms with Crippen molar-refractivity contribution in [2.24, 2.45) is 0 Å². The van der Waals surface area contributed by atoms with E-state index in [0.29, 0.717) is 16.7 Å². The molecule has 0 aliphatic heterocycles. The molecule has 0 spiro atoms. The van der Waals surface area contributed by atoms with Crippen molar-refractivity contribution < 1.29 is 8.78 Å². The van der Waals surface area contributed by atoms with Gasteiger partial charge in [-0.3, -0.25) is 0 Å². The molecule has 2 aromatic rings. The summed E-state index contributed by atoms with van der Waals surface area (Å²) >= 11 is 0. The third-order valence-corrected chi connectivity index (χ3v) is 4.55. The number of anilines is 1. The van der Waals surface area contributed by atoms with E-state index in [0.717, 1.165) is 39.3 Å². The van der Waals surface area contributed by atoms with Crippen LogP contribution in [-0.4, -0.2) is 41.0 Å². The van der Waals surface area contributed by atoms with Gasteiger partial charge in [0.05, 0.1) is 5.52 Å². The van der Waals surface area contributed by atoms with Crippen molar-refractivity contribution in [2.45, 2.75) is 58.4 Å². The second-order valence-electron chi connectivity index (χ2n) is 7.16. The SMILES string of the molecule is CCCN(C)CCCC[C@H](C)Nc1ncnc2c(C(C)(F)F)cccc12. The maximum Gasteiger partial charge on any atom is 0.272 e. The maximum absolute atomic E-state index is 13.8. The minimum atomic E-state index is -2.93. The molecule has 1 heterocycles. The van der Waals surface area contributed by atoms with E-state index in [-0.39, 0.29) is 11.6 Å². The highest BCUT2D eigenvalue weighted by Gasteiger charge is 2.27. The monoisotopic (exact) mass is 364 g/mol. The smallest absolute Gasteiger partial charge is 0.272 e. The molecule has 0 saturated heterocycles. The van der Waals surface area contributed by atoms with E-state index in [1.165, 1.54) is 18.8 Å². The first-order valence-electron chi connectivity index (χ1n) is 9.40. The van der Waals surface area contributed by atoms with Crippen LogP contribution < -0.4 is 5.32 Å². The highest BCUT2D eigenvalue weighted by Crippen LogP contribution is 2.33. The number of aromatic nitrogens is 2. The Morgan fingerprint density at radius 3 is 2.65 bits per heavy atom. The standard InChI is InChI=1S/C20H30F2N4/c1-5-12-26(4)13-7-6-9-15(2)25-19-16-10-8-11-17(20(3,21)22)18(16)23-14-24-19/h8,10-11,14-15H,5-7,9,12-13H2,1-4H3,(H,23,24,25)/t15-/m0/s1. The molecule has 0 aliphatic carbocycles. The number of rotatable bonds is 10. The molecule has 0 radical (unpaired) electrons. The number of fused-ring (bicyclic) bond motifs is 1. The van der Waals surface area contributed by atoms with Crippen LogP contribution in [0.15, 0.2) is 24.5 Å². The largest absolute Gasteiger partial charge is 0.367 e. The first-order valence-corrected chi connectivity index (χ1v) is 9.40. The van der Waals surface area contributed by atoms with Gasteiger partial charge in [-0.15, -0.1) is 0 Å². The summed E-state index contributed by atoms with van der Waals surface area (Å²) in [5.74, 6) is -2.31. The molecule has 6 heteroatoms. The Morgan fingerprint density at radius 2 is 1.96 bits per heavy atom. The van der Waals surface area contributed by atoms with Crippen molar-refractivity contribution in [3.8, 4) is 0 Å². The summed E-state index contributed by atoms with van der Waals surface area (Å²) in [5, 5.41) is 4.01. The van der Waals surface area contributed by atoms with Crippen LogP contribution in [0.25, 0.3) is 10.9 Å². The van der Waals surface area contributed by atoms with Crippen molar-refractivity contribution in [3.05, 3.63) is 30.1 Å². The molecular weight excluding hydrogens is 334 g/mol.